The summed E-state index contributed by atoms with van der Waals surface area (Å²) in [6, 6.07) is 47.4. The van der Waals surface area contributed by atoms with Gasteiger partial charge in [0.25, 0.3) is 0 Å². The van der Waals surface area contributed by atoms with Gasteiger partial charge in [0, 0.05) is 18.5 Å². The largest absolute Gasteiger partial charge is 0.477 e. The van der Waals surface area contributed by atoms with Crippen molar-refractivity contribution in [3.8, 4) is 22.5 Å². The maximum absolute atomic E-state index is 12.3. The molecule has 1 N–H and O–H groups in total. The van der Waals surface area contributed by atoms with E-state index in [1.807, 2.05) is 83.5 Å². The molecule has 8 nitrogen and oxygen atoms in total. The molecule has 254 valence electrons. The molecule has 2 heterocycles. The number of carbonyl (C=O) groups is 1. The van der Waals surface area contributed by atoms with E-state index in [1.54, 1.807) is 4.57 Å². The Balaban J connectivity index is 1.33. The van der Waals surface area contributed by atoms with E-state index in [0.29, 0.717) is 24.5 Å². The summed E-state index contributed by atoms with van der Waals surface area (Å²) >= 11 is 6.13. The summed E-state index contributed by atoms with van der Waals surface area (Å²) in [4.78, 5) is 16.9. The van der Waals surface area contributed by atoms with E-state index in [-0.39, 0.29) is 11.6 Å². The van der Waals surface area contributed by atoms with Gasteiger partial charge in [-0.3, -0.25) is 0 Å². The van der Waals surface area contributed by atoms with E-state index in [0.717, 1.165) is 57.6 Å². The molecule has 0 saturated carbocycles. The molecule has 9 heteroatoms. The fraction of sp³-hybridized carbons (Fsp3) is 0.167. The number of unbranched alkanes of at least 4 members (excludes halogenated alkanes) is 1. The lowest BCUT2D eigenvalue weighted by molar-refractivity contribution is 0.0684. The van der Waals surface area contributed by atoms with Crippen molar-refractivity contribution in [3.63, 3.8) is 0 Å². The number of hydrogen-bond acceptors (Lipinski definition) is 5. The fourth-order valence-electron chi connectivity index (χ4n) is 6.97. The van der Waals surface area contributed by atoms with E-state index < -0.39 is 11.5 Å². The van der Waals surface area contributed by atoms with Crippen LogP contribution in [0, 0.1) is 0 Å². The van der Waals surface area contributed by atoms with Gasteiger partial charge in [-0.15, -0.1) is 16.7 Å². The van der Waals surface area contributed by atoms with Crippen molar-refractivity contribution in [1.82, 2.24) is 29.8 Å². The monoisotopic (exact) mass is 692 g/mol. The summed E-state index contributed by atoms with van der Waals surface area (Å²) in [6.45, 7) is 2.48. The van der Waals surface area contributed by atoms with Crippen LogP contribution in [0.5, 0.6) is 0 Å². The first-order chi connectivity index (χ1) is 25.1. The Labute approximate surface area is 302 Å². The number of hydrogen-bond donors (Lipinski definition) is 1. The van der Waals surface area contributed by atoms with E-state index in [4.69, 9.17) is 16.8 Å². The van der Waals surface area contributed by atoms with E-state index in [9.17, 15) is 9.90 Å². The maximum atomic E-state index is 12.3. The molecule has 0 bridgehead atoms. The van der Waals surface area contributed by atoms with Crippen LogP contribution in [0.2, 0.25) is 0 Å². The van der Waals surface area contributed by atoms with Gasteiger partial charge < -0.3 is 9.67 Å². The van der Waals surface area contributed by atoms with Gasteiger partial charge in [0.1, 0.15) is 11.4 Å². The number of aromatic nitrogens is 6. The highest BCUT2D eigenvalue weighted by atomic mass is 35.5. The van der Waals surface area contributed by atoms with Crippen LogP contribution in [-0.4, -0.2) is 40.8 Å². The van der Waals surface area contributed by atoms with Crippen LogP contribution in [-0.2, 0) is 24.4 Å². The molecule has 0 aliphatic rings. The first-order valence-corrected chi connectivity index (χ1v) is 17.6. The average molecular weight is 693 g/mol. The van der Waals surface area contributed by atoms with Crippen LogP contribution < -0.4 is 0 Å². The number of alkyl halides is 1. The molecule has 0 amide bonds. The van der Waals surface area contributed by atoms with Gasteiger partial charge >= 0.3 is 5.97 Å². The normalized spacial score (nSPS) is 11.5. The topological polar surface area (TPSA) is 98.7 Å². The Morgan fingerprint density at radius 2 is 1.29 bits per heavy atom. The lowest BCUT2D eigenvalue weighted by atomic mass is 9.77. The molecule has 0 fully saturated rings. The molecule has 5 aromatic carbocycles. The molecule has 51 heavy (non-hydrogen) atoms. The maximum Gasteiger partial charge on any atom is 0.354 e. The third-order valence-electron chi connectivity index (χ3n) is 9.34. The molecule has 2 aromatic heterocycles. The van der Waals surface area contributed by atoms with Crippen molar-refractivity contribution in [2.75, 3.05) is 0 Å². The molecule has 0 atom stereocenters. The number of tetrazole rings is 1. The highest BCUT2D eigenvalue weighted by Gasteiger charge is 2.42. The Kier molecular flexibility index (Phi) is 9.85. The number of benzene rings is 5. The summed E-state index contributed by atoms with van der Waals surface area (Å²) in [6.07, 6.45) is 2.57. The van der Waals surface area contributed by atoms with Crippen molar-refractivity contribution in [3.05, 3.63) is 179 Å². The third-order valence-corrected chi connectivity index (χ3v) is 9.59. The number of carboxylic acids is 1. The van der Waals surface area contributed by atoms with Gasteiger partial charge in [0.15, 0.2) is 11.5 Å². The Morgan fingerprint density at radius 3 is 1.82 bits per heavy atom. The zero-order chi connectivity index (χ0) is 35.2. The highest BCUT2D eigenvalue weighted by Crippen LogP contribution is 2.43. The third kappa shape index (κ3) is 6.35. The molecule has 7 aromatic rings. The van der Waals surface area contributed by atoms with Crippen molar-refractivity contribution < 1.29 is 9.90 Å². The lowest BCUT2D eigenvalue weighted by Gasteiger charge is -2.36. The van der Waals surface area contributed by atoms with Crippen molar-refractivity contribution in [2.45, 2.75) is 44.1 Å². The van der Waals surface area contributed by atoms with Crippen molar-refractivity contribution in [2.24, 2.45) is 0 Å². The number of rotatable bonds is 13. The summed E-state index contributed by atoms with van der Waals surface area (Å²) in [5.41, 5.74) is 6.50. The SMILES string of the molecule is CCCCc1nc(CCl)c(C(=O)O)n1Cc1ccc(-c2ccccc2-c2nnnn2C(c2ccccc2)(c2ccccc2)c2ccccc2)cc1. The van der Waals surface area contributed by atoms with Gasteiger partial charge in [-0.05, 0) is 50.2 Å². The van der Waals surface area contributed by atoms with Gasteiger partial charge in [-0.2, -0.15) is 0 Å². The zero-order valence-electron chi connectivity index (χ0n) is 28.2. The average Bonchev–Trinajstić information content (AvgIpc) is 3.81. The molecule has 0 radical (unpaired) electrons. The first-order valence-electron chi connectivity index (χ1n) is 17.1. The van der Waals surface area contributed by atoms with Gasteiger partial charge in [0.2, 0.25) is 0 Å². The predicted molar refractivity (Wildman–Crippen MR) is 200 cm³/mol. The molecular weight excluding hydrogens is 656 g/mol. The standard InChI is InChI=1S/C42H37ClN6O2/c1-2-3-23-38-44-37(28-43)39(41(50)51)48(38)29-30-24-26-31(27-25-30)35-21-13-14-22-36(35)40-45-46-47-49(40)42(32-15-7-4-8-16-32,33-17-9-5-10-18-33)34-19-11-6-12-20-34/h4-22,24-27H,2-3,23,28-29H2,1H3,(H,50,51). The molecule has 0 spiro atoms. The lowest BCUT2D eigenvalue weighted by Crippen LogP contribution is -2.39. The van der Waals surface area contributed by atoms with Crippen LogP contribution in [0.4, 0.5) is 0 Å². The number of aryl methyl sites for hydroxylation is 1. The van der Waals surface area contributed by atoms with Crippen LogP contribution >= 0.6 is 11.6 Å². The number of aromatic carboxylic acids is 1. The molecule has 7 rings (SSSR count). The molecule has 0 aliphatic heterocycles. The van der Waals surface area contributed by atoms with Gasteiger partial charge in [-0.1, -0.05) is 153 Å². The molecule has 0 unspecified atom stereocenters. The molecular formula is C42H37ClN6O2. The Hall–Kier alpha value is -5.86. The second kappa shape index (κ2) is 14.9. The summed E-state index contributed by atoms with van der Waals surface area (Å²) < 4.78 is 3.74. The summed E-state index contributed by atoms with van der Waals surface area (Å²) in [5, 5.41) is 23.8. The van der Waals surface area contributed by atoms with E-state index in [1.165, 1.54) is 0 Å². The quantitative estimate of drug-likeness (QED) is 0.0958. The number of carboxylic acid groups (broad SMARTS) is 1. The predicted octanol–water partition coefficient (Wildman–Crippen LogP) is 8.87. The Morgan fingerprint density at radius 1 is 0.745 bits per heavy atom. The fourth-order valence-corrected chi connectivity index (χ4v) is 7.16. The molecule has 0 saturated heterocycles. The summed E-state index contributed by atoms with van der Waals surface area (Å²) in [7, 11) is 0. The van der Waals surface area contributed by atoms with Crippen LogP contribution in [0.15, 0.2) is 140 Å². The number of halogens is 1. The van der Waals surface area contributed by atoms with E-state index in [2.05, 4.69) is 82.9 Å². The number of imidazole rings is 1. The second-order valence-electron chi connectivity index (χ2n) is 12.4. The molecule has 0 aliphatic carbocycles. The van der Waals surface area contributed by atoms with E-state index >= 15 is 0 Å². The highest BCUT2D eigenvalue weighted by molar-refractivity contribution is 6.17. The minimum atomic E-state index is -1.03. The van der Waals surface area contributed by atoms with Crippen molar-refractivity contribution in [1.29, 1.82) is 0 Å². The first kappa shape index (κ1) is 33.6. The van der Waals surface area contributed by atoms with Crippen LogP contribution in [0.1, 0.15) is 64.0 Å². The second-order valence-corrected chi connectivity index (χ2v) is 12.7. The minimum absolute atomic E-state index is 0.0447. The van der Waals surface area contributed by atoms with Crippen LogP contribution in [0.3, 0.4) is 0 Å². The van der Waals surface area contributed by atoms with Crippen LogP contribution in [0.25, 0.3) is 22.5 Å². The minimum Gasteiger partial charge on any atom is -0.477 e. The number of nitrogens with zero attached hydrogens (tertiary/aromatic N) is 6. The zero-order valence-corrected chi connectivity index (χ0v) is 29.0. The van der Waals surface area contributed by atoms with Gasteiger partial charge in [0.05, 0.1) is 11.6 Å². The Bertz CT molecular complexity index is 2140. The summed E-state index contributed by atoms with van der Waals surface area (Å²) in [5.74, 6) is 0.375. The smallest absolute Gasteiger partial charge is 0.354 e. The van der Waals surface area contributed by atoms with Gasteiger partial charge in [-0.25, -0.2) is 14.5 Å². The van der Waals surface area contributed by atoms with Crippen molar-refractivity contribution >= 4 is 17.6 Å².